The average Bonchev–Trinajstić information content (AvgIpc) is 2.49. The van der Waals surface area contributed by atoms with Crippen LogP contribution in [0.2, 0.25) is 0 Å². The molecule has 0 saturated heterocycles. The highest BCUT2D eigenvalue weighted by Gasteiger charge is 2.21. The van der Waals surface area contributed by atoms with Gasteiger partial charge < -0.3 is 5.32 Å². The minimum Gasteiger partial charge on any atom is -0.314 e. The Hall–Kier alpha value is -1.26. The molecule has 19 heavy (non-hydrogen) atoms. The topological polar surface area (TPSA) is 12.0 Å². The molecule has 0 unspecified atom stereocenters. The molecular weight excluding hydrogens is 230 g/mol. The van der Waals surface area contributed by atoms with Gasteiger partial charge in [0.05, 0.1) is 0 Å². The number of hydrogen-bond donors (Lipinski definition) is 1. The van der Waals surface area contributed by atoms with Crippen LogP contribution >= 0.6 is 0 Å². The number of hydrogen-bond acceptors (Lipinski definition) is 1. The van der Waals surface area contributed by atoms with E-state index < -0.39 is 0 Å². The molecule has 0 atom stereocenters. The molecule has 1 aliphatic carbocycles. The van der Waals surface area contributed by atoms with Crippen molar-refractivity contribution >= 4 is 0 Å². The number of benzene rings is 1. The molecule has 0 aliphatic heterocycles. The summed E-state index contributed by atoms with van der Waals surface area (Å²) >= 11 is 0. The molecule has 102 valence electrons. The Morgan fingerprint density at radius 2 is 1.79 bits per heavy atom. The lowest BCUT2D eigenvalue weighted by Crippen LogP contribution is -2.33. The van der Waals surface area contributed by atoms with Gasteiger partial charge in [-0.1, -0.05) is 30.3 Å². The van der Waals surface area contributed by atoms with Crippen molar-refractivity contribution in [3.8, 4) is 12.3 Å². The fourth-order valence-electron chi connectivity index (χ4n) is 3.01. The number of unbranched alkanes of at least 4 members (excludes halogenated alkanes) is 2. The molecule has 1 nitrogen and oxygen atoms in total. The summed E-state index contributed by atoms with van der Waals surface area (Å²) in [5, 5.41) is 3.68. The summed E-state index contributed by atoms with van der Waals surface area (Å²) in [5.41, 5.74) is 1.52. The van der Waals surface area contributed by atoms with Crippen LogP contribution < -0.4 is 5.32 Å². The van der Waals surface area contributed by atoms with Gasteiger partial charge in [-0.15, -0.1) is 12.3 Å². The molecule has 0 bridgehead atoms. The Kier molecular flexibility index (Phi) is 5.98. The van der Waals surface area contributed by atoms with Gasteiger partial charge in [0.15, 0.2) is 0 Å². The van der Waals surface area contributed by atoms with E-state index >= 15 is 0 Å². The van der Waals surface area contributed by atoms with Crippen molar-refractivity contribution in [3.63, 3.8) is 0 Å². The second-order valence-electron chi connectivity index (χ2n) is 5.57. The van der Waals surface area contributed by atoms with E-state index in [1.165, 1.54) is 37.7 Å². The highest BCUT2D eigenvalue weighted by atomic mass is 14.9. The first kappa shape index (κ1) is 14.2. The first-order chi connectivity index (χ1) is 9.40. The Bertz CT molecular complexity index is 382. The van der Waals surface area contributed by atoms with Crippen molar-refractivity contribution in [1.29, 1.82) is 0 Å². The summed E-state index contributed by atoms with van der Waals surface area (Å²) in [6.45, 7) is 1.13. The zero-order valence-corrected chi connectivity index (χ0v) is 11.8. The highest BCUT2D eigenvalue weighted by Crippen LogP contribution is 2.32. The number of nitrogens with one attached hydrogen (secondary N) is 1. The molecule has 0 spiro atoms. The molecule has 1 aliphatic rings. The molecule has 1 saturated carbocycles. The van der Waals surface area contributed by atoms with Gasteiger partial charge in [0, 0.05) is 12.5 Å². The minimum atomic E-state index is 0.728. The van der Waals surface area contributed by atoms with Crippen molar-refractivity contribution in [2.75, 3.05) is 6.54 Å². The Labute approximate surface area is 117 Å². The molecule has 0 heterocycles. The second kappa shape index (κ2) is 8.02. The predicted molar refractivity (Wildman–Crippen MR) is 82.1 cm³/mol. The average molecular weight is 255 g/mol. The number of terminal acetylenes is 1. The van der Waals surface area contributed by atoms with Crippen LogP contribution in [0.3, 0.4) is 0 Å². The van der Waals surface area contributed by atoms with Gasteiger partial charge in [-0.25, -0.2) is 0 Å². The van der Waals surface area contributed by atoms with Gasteiger partial charge in [-0.3, -0.25) is 0 Å². The van der Waals surface area contributed by atoms with Crippen LogP contribution in [-0.4, -0.2) is 12.6 Å². The lowest BCUT2D eigenvalue weighted by Gasteiger charge is -2.29. The van der Waals surface area contributed by atoms with Crippen molar-refractivity contribution in [3.05, 3.63) is 35.9 Å². The maximum atomic E-state index is 5.25. The first-order valence-corrected chi connectivity index (χ1v) is 7.62. The Morgan fingerprint density at radius 1 is 1.05 bits per heavy atom. The van der Waals surface area contributed by atoms with Crippen molar-refractivity contribution in [2.45, 2.75) is 56.9 Å². The van der Waals surface area contributed by atoms with Crippen molar-refractivity contribution in [1.82, 2.24) is 5.32 Å². The summed E-state index contributed by atoms with van der Waals surface area (Å²) in [4.78, 5) is 0. The largest absolute Gasteiger partial charge is 0.314 e. The van der Waals surface area contributed by atoms with Crippen LogP contribution in [0.15, 0.2) is 30.3 Å². The molecule has 0 radical (unpaired) electrons. The van der Waals surface area contributed by atoms with Gasteiger partial charge in [0.2, 0.25) is 0 Å². The van der Waals surface area contributed by atoms with Gasteiger partial charge in [0.25, 0.3) is 0 Å². The van der Waals surface area contributed by atoms with Gasteiger partial charge in [-0.05, 0) is 56.6 Å². The van der Waals surface area contributed by atoms with Gasteiger partial charge >= 0.3 is 0 Å². The van der Waals surface area contributed by atoms with E-state index in [0.29, 0.717) is 0 Å². The molecule has 2 rings (SSSR count). The normalized spacial score (nSPS) is 22.9. The fourth-order valence-corrected chi connectivity index (χ4v) is 3.01. The summed E-state index contributed by atoms with van der Waals surface area (Å²) in [5.74, 6) is 3.48. The van der Waals surface area contributed by atoms with Crippen molar-refractivity contribution < 1.29 is 0 Å². The zero-order valence-electron chi connectivity index (χ0n) is 11.8. The third kappa shape index (κ3) is 4.73. The van der Waals surface area contributed by atoms with Crippen LogP contribution in [0.1, 0.15) is 56.4 Å². The van der Waals surface area contributed by atoms with E-state index in [9.17, 15) is 0 Å². The summed E-state index contributed by atoms with van der Waals surface area (Å²) < 4.78 is 0. The zero-order chi connectivity index (χ0) is 13.3. The molecule has 1 aromatic rings. The van der Waals surface area contributed by atoms with E-state index in [1.54, 1.807) is 0 Å². The van der Waals surface area contributed by atoms with E-state index in [4.69, 9.17) is 6.42 Å². The molecule has 1 N–H and O–H groups in total. The maximum absolute atomic E-state index is 5.25. The fraction of sp³-hybridized carbons (Fsp3) is 0.556. The van der Waals surface area contributed by atoms with Gasteiger partial charge in [0.1, 0.15) is 0 Å². The smallest absolute Gasteiger partial charge is 0.00865 e. The highest BCUT2D eigenvalue weighted by molar-refractivity contribution is 5.20. The van der Waals surface area contributed by atoms with Crippen LogP contribution in [0.5, 0.6) is 0 Å². The summed E-state index contributed by atoms with van der Waals surface area (Å²) in [7, 11) is 0. The van der Waals surface area contributed by atoms with E-state index in [0.717, 1.165) is 31.3 Å². The minimum absolute atomic E-state index is 0.728. The lowest BCUT2D eigenvalue weighted by molar-refractivity contribution is 0.341. The van der Waals surface area contributed by atoms with Gasteiger partial charge in [-0.2, -0.15) is 0 Å². The maximum Gasteiger partial charge on any atom is 0.00865 e. The number of rotatable bonds is 6. The van der Waals surface area contributed by atoms with E-state index in [1.807, 2.05) is 0 Å². The standard InChI is InChI=1S/C18H25N/c1-2-3-4-8-15-19-18-13-11-17(12-14-18)16-9-6-5-7-10-16/h1,5-7,9-10,17-19H,3-4,8,11-15H2. The quantitative estimate of drug-likeness (QED) is 0.596. The first-order valence-electron chi connectivity index (χ1n) is 7.62. The lowest BCUT2D eigenvalue weighted by atomic mass is 9.82. The third-order valence-electron chi connectivity index (χ3n) is 4.18. The Morgan fingerprint density at radius 3 is 2.47 bits per heavy atom. The van der Waals surface area contributed by atoms with Crippen LogP contribution in [-0.2, 0) is 0 Å². The molecule has 0 amide bonds. The summed E-state index contributed by atoms with van der Waals surface area (Å²) in [6, 6.07) is 11.7. The summed E-state index contributed by atoms with van der Waals surface area (Å²) in [6.07, 6.45) is 13.8. The molecule has 0 aromatic heterocycles. The Balaban J connectivity index is 1.64. The van der Waals surface area contributed by atoms with Crippen LogP contribution in [0.25, 0.3) is 0 Å². The molecule has 1 heteroatoms. The van der Waals surface area contributed by atoms with Crippen LogP contribution in [0, 0.1) is 12.3 Å². The second-order valence-corrected chi connectivity index (χ2v) is 5.57. The predicted octanol–water partition coefficient (Wildman–Crippen LogP) is 4.11. The monoisotopic (exact) mass is 255 g/mol. The third-order valence-corrected chi connectivity index (χ3v) is 4.18. The molecule has 1 fully saturated rings. The van der Waals surface area contributed by atoms with E-state index in [2.05, 4.69) is 41.6 Å². The molecule has 1 aromatic carbocycles. The van der Waals surface area contributed by atoms with Crippen LogP contribution in [0.4, 0.5) is 0 Å². The van der Waals surface area contributed by atoms with Crippen molar-refractivity contribution in [2.24, 2.45) is 0 Å². The molecular formula is C18H25N. The SMILES string of the molecule is C#CCCCCNC1CCC(c2ccccc2)CC1. The van der Waals surface area contributed by atoms with E-state index in [-0.39, 0.29) is 0 Å².